The number of hydrogen-bond acceptors (Lipinski definition) is 8. The van der Waals surface area contributed by atoms with Crippen LogP contribution in [0.5, 0.6) is 5.19 Å². The minimum atomic E-state index is 0.204. The maximum absolute atomic E-state index is 5.38. The van der Waals surface area contributed by atoms with Crippen LogP contribution in [0.3, 0.4) is 0 Å². The first-order chi connectivity index (χ1) is 10.7. The average Bonchev–Trinajstić information content (AvgIpc) is 3.19. The molecule has 3 heterocycles. The molecule has 2 aromatic rings. The minimum absolute atomic E-state index is 0.204. The van der Waals surface area contributed by atoms with Gasteiger partial charge in [0.1, 0.15) is 5.01 Å². The van der Waals surface area contributed by atoms with Crippen molar-refractivity contribution in [2.24, 2.45) is 0 Å². The van der Waals surface area contributed by atoms with Crippen molar-refractivity contribution in [3.8, 4) is 5.19 Å². The maximum Gasteiger partial charge on any atom is 0.294 e. The third kappa shape index (κ3) is 3.27. The van der Waals surface area contributed by atoms with Gasteiger partial charge in [-0.15, -0.1) is 10.2 Å². The molecule has 0 amide bonds. The molecule has 0 aromatic carbocycles. The highest BCUT2D eigenvalue weighted by molar-refractivity contribution is 7.13. The third-order valence-corrected chi connectivity index (χ3v) is 4.49. The van der Waals surface area contributed by atoms with Gasteiger partial charge in [0.05, 0.1) is 19.2 Å². The van der Waals surface area contributed by atoms with Crippen LogP contribution >= 0.6 is 11.3 Å². The summed E-state index contributed by atoms with van der Waals surface area (Å²) < 4.78 is 10.7. The van der Waals surface area contributed by atoms with Gasteiger partial charge in [-0.05, 0) is 26.3 Å². The highest BCUT2D eigenvalue weighted by Gasteiger charge is 2.31. The lowest BCUT2D eigenvalue weighted by Gasteiger charge is -2.19. The SMILES string of the molecule is CCOc1nnc(CN2CCCC2c2noc(C(C)C)n2)s1. The molecule has 1 saturated heterocycles. The number of hydrogen-bond donors (Lipinski definition) is 0. The topological polar surface area (TPSA) is 77.2 Å². The first kappa shape index (κ1) is 15.4. The van der Waals surface area contributed by atoms with E-state index in [1.54, 1.807) is 0 Å². The molecule has 0 saturated carbocycles. The summed E-state index contributed by atoms with van der Waals surface area (Å²) in [4.78, 5) is 6.88. The largest absolute Gasteiger partial charge is 0.469 e. The van der Waals surface area contributed by atoms with Crippen molar-refractivity contribution < 1.29 is 9.26 Å². The molecule has 0 N–H and O–H groups in total. The van der Waals surface area contributed by atoms with E-state index in [1.807, 2.05) is 6.92 Å². The Bertz CT molecular complexity index is 612. The first-order valence-corrected chi connectivity index (χ1v) is 8.51. The molecule has 1 atom stereocenters. The summed E-state index contributed by atoms with van der Waals surface area (Å²) in [5.74, 6) is 1.75. The van der Waals surface area contributed by atoms with E-state index in [0.717, 1.165) is 36.8 Å². The van der Waals surface area contributed by atoms with Crippen molar-refractivity contribution >= 4 is 11.3 Å². The van der Waals surface area contributed by atoms with Crippen molar-refractivity contribution in [2.45, 2.75) is 52.1 Å². The smallest absolute Gasteiger partial charge is 0.294 e. The Balaban J connectivity index is 1.69. The molecule has 1 unspecified atom stereocenters. The summed E-state index contributed by atoms with van der Waals surface area (Å²) >= 11 is 1.50. The van der Waals surface area contributed by atoms with Gasteiger partial charge in [0.2, 0.25) is 5.89 Å². The second kappa shape index (κ2) is 6.70. The molecule has 8 heteroatoms. The van der Waals surface area contributed by atoms with E-state index in [1.165, 1.54) is 11.3 Å². The van der Waals surface area contributed by atoms with Crippen molar-refractivity contribution in [1.29, 1.82) is 0 Å². The van der Waals surface area contributed by atoms with Crippen LogP contribution in [-0.2, 0) is 6.54 Å². The van der Waals surface area contributed by atoms with Gasteiger partial charge >= 0.3 is 0 Å². The molecular formula is C14H21N5O2S. The Labute approximate surface area is 133 Å². The van der Waals surface area contributed by atoms with E-state index in [9.17, 15) is 0 Å². The molecule has 2 aromatic heterocycles. The van der Waals surface area contributed by atoms with Gasteiger partial charge in [-0.2, -0.15) is 4.98 Å². The molecule has 120 valence electrons. The number of ether oxygens (including phenoxy) is 1. The van der Waals surface area contributed by atoms with Gasteiger partial charge in [-0.3, -0.25) is 4.90 Å². The van der Waals surface area contributed by atoms with Crippen LogP contribution in [-0.4, -0.2) is 38.4 Å². The fourth-order valence-electron chi connectivity index (χ4n) is 2.58. The molecule has 1 aliphatic rings. The minimum Gasteiger partial charge on any atom is -0.469 e. The fraction of sp³-hybridized carbons (Fsp3) is 0.714. The number of nitrogens with zero attached hydrogens (tertiary/aromatic N) is 5. The van der Waals surface area contributed by atoms with Crippen LogP contribution in [0, 0.1) is 0 Å². The predicted molar refractivity (Wildman–Crippen MR) is 81.9 cm³/mol. The Morgan fingerprint density at radius 2 is 2.27 bits per heavy atom. The van der Waals surface area contributed by atoms with Crippen LogP contribution in [0.1, 0.15) is 62.3 Å². The Morgan fingerprint density at radius 3 is 3.00 bits per heavy atom. The van der Waals surface area contributed by atoms with E-state index in [0.29, 0.717) is 17.7 Å². The van der Waals surface area contributed by atoms with Crippen molar-refractivity contribution in [2.75, 3.05) is 13.2 Å². The Hall–Kier alpha value is -1.54. The van der Waals surface area contributed by atoms with E-state index in [-0.39, 0.29) is 12.0 Å². The number of rotatable bonds is 6. The van der Waals surface area contributed by atoms with Gasteiger partial charge in [0, 0.05) is 5.92 Å². The monoisotopic (exact) mass is 323 g/mol. The van der Waals surface area contributed by atoms with E-state index in [4.69, 9.17) is 9.26 Å². The lowest BCUT2D eigenvalue weighted by Crippen LogP contribution is -2.23. The normalized spacial score (nSPS) is 19.2. The second-order valence-electron chi connectivity index (χ2n) is 5.67. The Kier molecular flexibility index (Phi) is 4.68. The summed E-state index contributed by atoms with van der Waals surface area (Å²) in [6, 6.07) is 0.204. The standard InChI is InChI=1S/C14H21N5O2S/c1-4-20-14-17-16-11(22-14)8-19-7-5-6-10(19)12-15-13(9(2)3)21-18-12/h9-10H,4-8H2,1-3H3. The van der Waals surface area contributed by atoms with E-state index < -0.39 is 0 Å². The molecule has 0 radical (unpaired) electrons. The second-order valence-corrected chi connectivity index (χ2v) is 6.69. The summed E-state index contributed by atoms with van der Waals surface area (Å²) in [5, 5.41) is 14.0. The molecule has 0 aliphatic carbocycles. The summed E-state index contributed by atoms with van der Waals surface area (Å²) in [6.07, 6.45) is 2.18. The zero-order chi connectivity index (χ0) is 15.5. The number of aromatic nitrogens is 4. The molecule has 1 aliphatic heterocycles. The zero-order valence-corrected chi connectivity index (χ0v) is 14.0. The zero-order valence-electron chi connectivity index (χ0n) is 13.2. The van der Waals surface area contributed by atoms with E-state index >= 15 is 0 Å². The van der Waals surface area contributed by atoms with E-state index in [2.05, 4.69) is 39.1 Å². The molecular weight excluding hydrogens is 302 g/mol. The lowest BCUT2D eigenvalue weighted by molar-refractivity contribution is 0.233. The fourth-order valence-corrected chi connectivity index (χ4v) is 3.35. The lowest BCUT2D eigenvalue weighted by atomic mass is 10.2. The summed E-state index contributed by atoms with van der Waals surface area (Å²) in [6.45, 7) is 8.43. The number of likely N-dealkylation sites (tertiary alicyclic amines) is 1. The molecule has 3 rings (SSSR count). The molecule has 7 nitrogen and oxygen atoms in total. The van der Waals surface area contributed by atoms with Crippen LogP contribution in [0.15, 0.2) is 4.52 Å². The summed E-state index contributed by atoms with van der Waals surface area (Å²) in [5.41, 5.74) is 0. The Morgan fingerprint density at radius 1 is 1.41 bits per heavy atom. The van der Waals surface area contributed by atoms with Crippen LogP contribution in [0.2, 0.25) is 0 Å². The highest BCUT2D eigenvalue weighted by atomic mass is 32.1. The molecule has 0 spiro atoms. The molecule has 22 heavy (non-hydrogen) atoms. The predicted octanol–water partition coefficient (Wildman–Crippen LogP) is 2.78. The quantitative estimate of drug-likeness (QED) is 0.809. The van der Waals surface area contributed by atoms with Crippen molar-refractivity contribution in [3.05, 3.63) is 16.7 Å². The highest BCUT2D eigenvalue weighted by Crippen LogP contribution is 2.33. The van der Waals surface area contributed by atoms with Gasteiger partial charge in [0.25, 0.3) is 5.19 Å². The average molecular weight is 323 g/mol. The van der Waals surface area contributed by atoms with Crippen LogP contribution in [0.4, 0.5) is 0 Å². The molecule has 0 bridgehead atoms. The van der Waals surface area contributed by atoms with Crippen molar-refractivity contribution in [3.63, 3.8) is 0 Å². The first-order valence-electron chi connectivity index (χ1n) is 7.70. The maximum atomic E-state index is 5.38. The third-order valence-electron chi connectivity index (χ3n) is 3.67. The van der Waals surface area contributed by atoms with Crippen LogP contribution < -0.4 is 4.74 Å². The van der Waals surface area contributed by atoms with Gasteiger partial charge in [-0.25, -0.2) is 0 Å². The van der Waals surface area contributed by atoms with Gasteiger partial charge in [-0.1, -0.05) is 30.3 Å². The van der Waals surface area contributed by atoms with Gasteiger partial charge < -0.3 is 9.26 Å². The molecule has 1 fully saturated rings. The van der Waals surface area contributed by atoms with Gasteiger partial charge in [0.15, 0.2) is 5.82 Å². The van der Waals surface area contributed by atoms with Crippen LogP contribution in [0.25, 0.3) is 0 Å². The summed E-state index contributed by atoms with van der Waals surface area (Å²) in [7, 11) is 0. The van der Waals surface area contributed by atoms with Crippen molar-refractivity contribution in [1.82, 2.24) is 25.2 Å².